The molecule has 3 heteroatoms. The fourth-order valence-electron chi connectivity index (χ4n) is 2.66. The van der Waals surface area contributed by atoms with E-state index >= 15 is 0 Å². The van der Waals surface area contributed by atoms with Gasteiger partial charge in [0.1, 0.15) is 0 Å². The van der Waals surface area contributed by atoms with Crippen molar-refractivity contribution >= 4 is 5.91 Å². The van der Waals surface area contributed by atoms with E-state index in [1.54, 1.807) is 6.08 Å². The van der Waals surface area contributed by atoms with Crippen LogP contribution in [0.15, 0.2) is 23.3 Å². The fraction of sp³-hybridized carbons (Fsp3) is 0.737. The molecule has 0 aromatic heterocycles. The van der Waals surface area contributed by atoms with E-state index in [2.05, 4.69) is 26.8 Å². The summed E-state index contributed by atoms with van der Waals surface area (Å²) in [6, 6.07) is 0. The van der Waals surface area contributed by atoms with Gasteiger partial charge in [-0.25, -0.2) is 0 Å². The highest BCUT2D eigenvalue weighted by Crippen LogP contribution is 2.38. The van der Waals surface area contributed by atoms with Crippen LogP contribution in [0.25, 0.3) is 0 Å². The second-order valence-electron chi connectivity index (χ2n) is 6.84. The first-order chi connectivity index (χ1) is 10.3. The van der Waals surface area contributed by atoms with E-state index < -0.39 is 0 Å². The lowest BCUT2D eigenvalue weighted by molar-refractivity contribution is -0.125. The summed E-state index contributed by atoms with van der Waals surface area (Å²) in [7, 11) is 0. The van der Waals surface area contributed by atoms with Crippen molar-refractivity contribution in [1.82, 2.24) is 4.90 Å². The number of carbonyl (C=O) groups is 1. The van der Waals surface area contributed by atoms with Crippen LogP contribution < -0.4 is 0 Å². The Hall–Kier alpha value is -1.09. The van der Waals surface area contributed by atoms with Crippen LogP contribution in [0, 0.1) is 0 Å². The van der Waals surface area contributed by atoms with Gasteiger partial charge in [0, 0.05) is 19.2 Å². The van der Waals surface area contributed by atoms with Crippen molar-refractivity contribution in [3.8, 4) is 0 Å². The molecule has 1 amide bonds. The number of carbonyl (C=O) groups excluding carboxylic acids is 1. The quantitative estimate of drug-likeness (QED) is 0.357. The number of ether oxygens (including phenoxy) is 1. The summed E-state index contributed by atoms with van der Waals surface area (Å²) in [6.45, 7) is 14.1. The van der Waals surface area contributed by atoms with E-state index in [-0.39, 0.29) is 11.5 Å². The first-order valence-electron chi connectivity index (χ1n) is 8.59. The van der Waals surface area contributed by atoms with Crippen LogP contribution in [-0.2, 0) is 9.53 Å². The van der Waals surface area contributed by atoms with Crippen molar-refractivity contribution in [2.24, 2.45) is 0 Å². The molecule has 1 heterocycles. The van der Waals surface area contributed by atoms with E-state index in [0.717, 1.165) is 44.3 Å². The lowest BCUT2D eigenvalue weighted by atomic mass is 10.0. The Labute approximate surface area is 136 Å². The minimum Gasteiger partial charge on any atom is -0.367 e. The molecule has 0 N–H and O–H groups in total. The SMILES string of the molecule is CCN(CC)C(=O)/C=C(\C)CC/C=C(\C)CCC1OC1(C)C. The fourth-order valence-corrected chi connectivity index (χ4v) is 2.66. The molecule has 1 rings (SSSR count). The molecule has 1 aliphatic heterocycles. The molecule has 0 aromatic rings. The zero-order valence-electron chi connectivity index (χ0n) is 15.2. The summed E-state index contributed by atoms with van der Waals surface area (Å²) in [5, 5.41) is 0. The minimum absolute atomic E-state index is 0.102. The van der Waals surface area contributed by atoms with E-state index in [4.69, 9.17) is 4.74 Å². The van der Waals surface area contributed by atoms with Crippen LogP contribution in [0.3, 0.4) is 0 Å². The summed E-state index contributed by atoms with van der Waals surface area (Å²) in [6.07, 6.45) is 8.71. The Morgan fingerprint density at radius 1 is 1.14 bits per heavy atom. The Balaban J connectivity index is 2.29. The van der Waals surface area contributed by atoms with Crippen molar-refractivity contribution in [3.63, 3.8) is 0 Å². The zero-order chi connectivity index (χ0) is 16.8. The summed E-state index contributed by atoms with van der Waals surface area (Å²) in [5.74, 6) is 0.135. The van der Waals surface area contributed by atoms with E-state index in [0.29, 0.717) is 6.10 Å². The molecule has 0 aliphatic carbocycles. The number of rotatable bonds is 9. The monoisotopic (exact) mass is 307 g/mol. The highest BCUT2D eigenvalue weighted by molar-refractivity contribution is 5.88. The Morgan fingerprint density at radius 2 is 1.73 bits per heavy atom. The number of hydrogen-bond donors (Lipinski definition) is 0. The largest absolute Gasteiger partial charge is 0.367 e. The third-order valence-corrected chi connectivity index (χ3v) is 4.44. The van der Waals surface area contributed by atoms with E-state index in [1.807, 2.05) is 25.7 Å². The maximum absolute atomic E-state index is 12.0. The molecule has 1 aliphatic rings. The Kier molecular flexibility index (Phi) is 7.34. The van der Waals surface area contributed by atoms with Gasteiger partial charge in [0.15, 0.2) is 0 Å². The number of likely N-dealkylation sites (N-methyl/N-ethyl adjacent to an activating group) is 1. The maximum Gasteiger partial charge on any atom is 0.246 e. The van der Waals surface area contributed by atoms with Crippen LogP contribution in [0.1, 0.15) is 67.2 Å². The van der Waals surface area contributed by atoms with Gasteiger partial charge >= 0.3 is 0 Å². The van der Waals surface area contributed by atoms with Gasteiger partial charge in [0.2, 0.25) is 5.91 Å². The highest BCUT2D eigenvalue weighted by atomic mass is 16.6. The number of allylic oxidation sites excluding steroid dienone is 3. The molecule has 0 spiro atoms. The summed E-state index contributed by atoms with van der Waals surface area (Å²) >= 11 is 0. The van der Waals surface area contributed by atoms with Crippen LogP contribution in [0.2, 0.25) is 0 Å². The summed E-state index contributed by atoms with van der Waals surface area (Å²) in [5.41, 5.74) is 2.69. The van der Waals surface area contributed by atoms with Crippen LogP contribution in [0.4, 0.5) is 0 Å². The molecule has 0 aromatic carbocycles. The molecule has 1 unspecified atom stereocenters. The lowest BCUT2D eigenvalue weighted by Gasteiger charge is -2.16. The van der Waals surface area contributed by atoms with Crippen molar-refractivity contribution in [2.75, 3.05) is 13.1 Å². The van der Waals surface area contributed by atoms with Gasteiger partial charge in [-0.3, -0.25) is 4.79 Å². The minimum atomic E-state index is 0.102. The number of hydrogen-bond acceptors (Lipinski definition) is 2. The van der Waals surface area contributed by atoms with Crippen LogP contribution >= 0.6 is 0 Å². The van der Waals surface area contributed by atoms with Crippen molar-refractivity contribution in [2.45, 2.75) is 78.9 Å². The van der Waals surface area contributed by atoms with E-state index in [1.165, 1.54) is 5.57 Å². The first-order valence-corrected chi connectivity index (χ1v) is 8.59. The molecular weight excluding hydrogens is 274 g/mol. The predicted octanol–water partition coefficient (Wildman–Crippen LogP) is 4.49. The normalized spacial score (nSPS) is 20.9. The second-order valence-corrected chi connectivity index (χ2v) is 6.84. The van der Waals surface area contributed by atoms with Gasteiger partial charge < -0.3 is 9.64 Å². The van der Waals surface area contributed by atoms with Gasteiger partial charge in [-0.2, -0.15) is 0 Å². The molecule has 0 saturated carbocycles. The highest BCUT2D eigenvalue weighted by Gasteiger charge is 2.46. The third-order valence-electron chi connectivity index (χ3n) is 4.44. The topological polar surface area (TPSA) is 32.8 Å². The lowest BCUT2D eigenvalue weighted by Crippen LogP contribution is -2.28. The second kappa shape index (κ2) is 8.52. The standard InChI is InChI=1S/C19H33NO2/c1-7-20(8-2)18(21)14-16(4)11-9-10-15(3)12-13-17-19(5,6)22-17/h10,14,17H,7-9,11-13H2,1-6H3/b15-10+,16-14+. The molecule has 0 bridgehead atoms. The summed E-state index contributed by atoms with van der Waals surface area (Å²) < 4.78 is 5.61. The van der Waals surface area contributed by atoms with Crippen LogP contribution in [-0.4, -0.2) is 35.6 Å². The number of amides is 1. The molecule has 1 fully saturated rings. The summed E-state index contributed by atoms with van der Waals surface area (Å²) in [4.78, 5) is 13.8. The van der Waals surface area contributed by atoms with Crippen molar-refractivity contribution in [1.29, 1.82) is 0 Å². The molecule has 1 saturated heterocycles. The average molecular weight is 307 g/mol. The van der Waals surface area contributed by atoms with Gasteiger partial charge in [-0.05, 0) is 67.2 Å². The molecule has 126 valence electrons. The smallest absolute Gasteiger partial charge is 0.246 e. The predicted molar refractivity (Wildman–Crippen MR) is 92.9 cm³/mol. The molecule has 1 atom stereocenters. The van der Waals surface area contributed by atoms with Gasteiger partial charge in [0.25, 0.3) is 0 Å². The van der Waals surface area contributed by atoms with Gasteiger partial charge in [0.05, 0.1) is 11.7 Å². The Bertz CT molecular complexity index is 431. The van der Waals surface area contributed by atoms with E-state index in [9.17, 15) is 4.79 Å². The number of nitrogens with zero attached hydrogens (tertiary/aromatic N) is 1. The Morgan fingerprint density at radius 3 is 2.23 bits per heavy atom. The molecule has 3 nitrogen and oxygen atoms in total. The van der Waals surface area contributed by atoms with Crippen molar-refractivity contribution < 1.29 is 9.53 Å². The zero-order valence-corrected chi connectivity index (χ0v) is 15.2. The third kappa shape index (κ3) is 6.35. The average Bonchev–Trinajstić information content (AvgIpc) is 3.05. The van der Waals surface area contributed by atoms with Gasteiger partial charge in [-0.1, -0.05) is 17.2 Å². The molecule has 0 radical (unpaired) electrons. The molecule has 22 heavy (non-hydrogen) atoms. The van der Waals surface area contributed by atoms with Gasteiger partial charge in [-0.15, -0.1) is 0 Å². The first kappa shape index (κ1) is 19.0. The maximum atomic E-state index is 12.0. The number of epoxide rings is 1. The molecular formula is C19H33NO2. The van der Waals surface area contributed by atoms with Crippen LogP contribution in [0.5, 0.6) is 0 Å². The van der Waals surface area contributed by atoms with Crippen molar-refractivity contribution in [3.05, 3.63) is 23.3 Å².